The topological polar surface area (TPSA) is 99.1 Å². The van der Waals surface area contributed by atoms with Crippen molar-refractivity contribution in [3.8, 4) is 11.5 Å². The van der Waals surface area contributed by atoms with Crippen LogP contribution >= 0.6 is 0 Å². The van der Waals surface area contributed by atoms with E-state index in [0.29, 0.717) is 17.6 Å². The van der Waals surface area contributed by atoms with Gasteiger partial charge in [-0.1, -0.05) is 19.9 Å². The van der Waals surface area contributed by atoms with Crippen molar-refractivity contribution in [1.82, 2.24) is 0 Å². The van der Waals surface area contributed by atoms with Crippen LogP contribution in [-0.4, -0.2) is 42.0 Å². The smallest absolute Gasteiger partial charge is 0.303 e. The van der Waals surface area contributed by atoms with Crippen LogP contribution in [0.1, 0.15) is 56.1 Å². The first kappa shape index (κ1) is 21.8. The van der Waals surface area contributed by atoms with E-state index < -0.39 is 35.8 Å². The molecule has 1 heterocycles. The number of aliphatic hydroxyl groups excluding tert-OH is 1. The molecule has 160 valence electrons. The molecule has 1 aromatic rings. The number of benzene rings is 1. The number of aliphatic hydroxyl groups is 1. The van der Waals surface area contributed by atoms with Crippen LogP contribution in [0.2, 0.25) is 0 Å². The number of methoxy groups -OCH3 is 1. The van der Waals surface area contributed by atoms with Crippen LogP contribution in [0.3, 0.4) is 0 Å². The maximum atomic E-state index is 13.5. The van der Waals surface area contributed by atoms with Crippen molar-refractivity contribution in [3.05, 3.63) is 46.6 Å². The molecule has 7 nitrogen and oxygen atoms in total. The molecule has 0 fully saturated rings. The number of ether oxygens (including phenoxy) is 3. The molecule has 2 atom stereocenters. The van der Waals surface area contributed by atoms with Crippen molar-refractivity contribution < 1.29 is 33.7 Å². The number of esters is 1. The second kappa shape index (κ2) is 8.07. The van der Waals surface area contributed by atoms with Gasteiger partial charge >= 0.3 is 5.97 Å². The Morgan fingerprint density at radius 2 is 1.93 bits per heavy atom. The predicted octanol–water partition coefficient (Wildman–Crippen LogP) is 3.11. The van der Waals surface area contributed by atoms with Gasteiger partial charge in [-0.25, -0.2) is 0 Å². The van der Waals surface area contributed by atoms with E-state index in [9.17, 15) is 19.5 Å². The lowest BCUT2D eigenvalue weighted by Crippen LogP contribution is -2.51. The van der Waals surface area contributed by atoms with Gasteiger partial charge in [0.2, 0.25) is 11.6 Å². The minimum Gasteiger partial charge on any atom is -0.495 e. The lowest BCUT2D eigenvalue weighted by Gasteiger charge is -2.29. The summed E-state index contributed by atoms with van der Waals surface area (Å²) in [7, 11) is 1.41. The third-order valence-electron chi connectivity index (χ3n) is 5.23. The summed E-state index contributed by atoms with van der Waals surface area (Å²) in [4.78, 5) is 38.1. The Hall–Kier alpha value is -2.93. The van der Waals surface area contributed by atoms with E-state index in [1.165, 1.54) is 20.1 Å². The summed E-state index contributed by atoms with van der Waals surface area (Å²) >= 11 is 0. The molecule has 1 N–H and O–H groups in total. The van der Waals surface area contributed by atoms with Crippen molar-refractivity contribution in [2.75, 3.05) is 13.7 Å². The van der Waals surface area contributed by atoms with Gasteiger partial charge in [0, 0.05) is 18.1 Å². The molecule has 0 bridgehead atoms. The van der Waals surface area contributed by atoms with E-state index in [1.807, 2.05) is 13.8 Å². The van der Waals surface area contributed by atoms with Crippen LogP contribution in [0.5, 0.6) is 11.5 Å². The third kappa shape index (κ3) is 3.43. The first-order valence-electron chi connectivity index (χ1n) is 9.82. The fourth-order valence-corrected chi connectivity index (χ4v) is 4.02. The number of ketones is 2. The summed E-state index contributed by atoms with van der Waals surface area (Å²) in [5.74, 6) is -0.991. The lowest BCUT2D eigenvalue weighted by molar-refractivity contribution is -0.147. The molecule has 1 aliphatic heterocycles. The molecule has 30 heavy (non-hydrogen) atoms. The molecule has 0 aromatic heterocycles. The number of Topliss-reactive ketones (excluding diaryl/α,β-unsaturated/α-hetero) is 1. The molecule has 0 saturated carbocycles. The first-order chi connectivity index (χ1) is 14.1. The van der Waals surface area contributed by atoms with Gasteiger partial charge in [0.05, 0.1) is 13.7 Å². The van der Waals surface area contributed by atoms with E-state index >= 15 is 0 Å². The van der Waals surface area contributed by atoms with Gasteiger partial charge in [-0.3, -0.25) is 14.4 Å². The summed E-state index contributed by atoms with van der Waals surface area (Å²) in [6.45, 7) is 6.52. The summed E-state index contributed by atoms with van der Waals surface area (Å²) in [5, 5.41) is 9.85. The predicted molar refractivity (Wildman–Crippen MR) is 109 cm³/mol. The molecule has 2 aliphatic rings. The standard InChI is InChI=1S/C23H26O7/c1-12(2)8-18(29-14(4)25)16-6-7-17-20(21(16)28-5)22(27)23(30-17)15(11-24)9-13(3)10-19(23)26/h6-7,9-10,12,18,24H,8,11H2,1-5H3/t18-,23+/m1/s1. The Morgan fingerprint density at radius 1 is 1.23 bits per heavy atom. The number of hydrogen-bond acceptors (Lipinski definition) is 7. The lowest BCUT2D eigenvalue weighted by atomic mass is 9.79. The summed E-state index contributed by atoms with van der Waals surface area (Å²) < 4.78 is 17.0. The number of rotatable bonds is 6. The Balaban J connectivity index is 2.15. The fraction of sp³-hybridized carbons (Fsp3) is 0.435. The molecule has 0 unspecified atom stereocenters. The largest absolute Gasteiger partial charge is 0.495 e. The molecule has 3 rings (SSSR count). The zero-order valence-corrected chi connectivity index (χ0v) is 17.8. The van der Waals surface area contributed by atoms with Crippen LogP contribution in [0.15, 0.2) is 35.4 Å². The van der Waals surface area contributed by atoms with Gasteiger partial charge in [0.15, 0.2) is 0 Å². The Kier molecular flexibility index (Phi) is 5.85. The van der Waals surface area contributed by atoms with E-state index in [2.05, 4.69) is 0 Å². The van der Waals surface area contributed by atoms with E-state index in [1.54, 1.807) is 25.1 Å². The molecule has 0 saturated heterocycles. The second-order valence-electron chi connectivity index (χ2n) is 7.98. The zero-order chi connectivity index (χ0) is 22.2. The Bertz CT molecular complexity index is 970. The molecule has 1 aromatic carbocycles. The zero-order valence-electron chi connectivity index (χ0n) is 17.8. The molecule has 1 aliphatic carbocycles. The number of fused-ring (bicyclic) bond motifs is 1. The van der Waals surface area contributed by atoms with Gasteiger partial charge in [-0.05, 0) is 43.0 Å². The average molecular weight is 414 g/mol. The normalized spacial score (nSPS) is 21.2. The van der Waals surface area contributed by atoms with Crippen LogP contribution < -0.4 is 9.47 Å². The third-order valence-corrected chi connectivity index (χ3v) is 5.23. The van der Waals surface area contributed by atoms with Gasteiger partial charge in [-0.2, -0.15) is 0 Å². The highest BCUT2D eigenvalue weighted by Crippen LogP contribution is 2.48. The number of carbonyl (C=O) groups excluding carboxylic acids is 3. The molecular weight excluding hydrogens is 388 g/mol. The summed E-state index contributed by atoms with van der Waals surface area (Å²) in [5.41, 5.74) is -0.495. The number of hydrogen-bond donors (Lipinski definition) is 1. The highest BCUT2D eigenvalue weighted by Gasteiger charge is 2.58. The number of allylic oxidation sites excluding steroid dienone is 2. The maximum absolute atomic E-state index is 13.5. The molecule has 0 radical (unpaired) electrons. The first-order valence-corrected chi connectivity index (χ1v) is 9.82. The second-order valence-corrected chi connectivity index (χ2v) is 7.98. The van der Waals surface area contributed by atoms with Crippen molar-refractivity contribution in [2.45, 2.75) is 45.8 Å². The van der Waals surface area contributed by atoms with Crippen molar-refractivity contribution >= 4 is 17.5 Å². The van der Waals surface area contributed by atoms with Crippen LogP contribution in [0.4, 0.5) is 0 Å². The maximum Gasteiger partial charge on any atom is 0.303 e. The van der Waals surface area contributed by atoms with Crippen LogP contribution in [0.25, 0.3) is 0 Å². The monoisotopic (exact) mass is 414 g/mol. The quantitative estimate of drug-likeness (QED) is 0.564. The van der Waals surface area contributed by atoms with Gasteiger partial charge < -0.3 is 19.3 Å². The summed E-state index contributed by atoms with van der Waals surface area (Å²) in [6, 6.07) is 3.25. The van der Waals surface area contributed by atoms with Crippen LogP contribution in [-0.2, 0) is 14.3 Å². The van der Waals surface area contributed by atoms with Crippen molar-refractivity contribution in [1.29, 1.82) is 0 Å². The van der Waals surface area contributed by atoms with E-state index in [4.69, 9.17) is 14.2 Å². The number of carbonyl (C=O) groups is 3. The van der Waals surface area contributed by atoms with Crippen molar-refractivity contribution in [2.24, 2.45) is 5.92 Å². The summed E-state index contributed by atoms with van der Waals surface area (Å²) in [6.07, 6.45) is 2.82. The van der Waals surface area contributed by atoms with Crippen molar-refractivity contribution in [3.63, 3.8) is 0 Å². The van der Waals surface area contributed by atoms with Gasteiger partial charge in [0.25, 0.3) is 5.60 Å². The fourth-order valence-electron chi connectivity index (χ4n) is 4.02. The highest BCUT2D eigenvalue weighted by molar-refractivity contribution is 6.28. The molecule has 7 heteroatoms. The molecular formula is C23H26O7. The molecule has 1 spiro atoms. The molecule has 0 amide bonds. The Morgan fingerprint density at radius 3 is 2.50 bits per heavy atom. The average Bonchev–Trinajstić information content (AvgIpc) is 2.96. The van der Waals surface area contributed by atoms with Crippen LogP contribution in [0, 0.1) is 5.92 Å². The van der Waals surface area contributed by atoms with Gasteiger partial charge in [0.1, 0.15) is 23.2 Å². The highest BCUT2D eigenvalue weighted by atomic mass is 16.5. The minimum absolute atomic E-state index is 0.108. The van der Waals surface area contributed by atoms with Gasteiger partial charge in [-0.15, -0.1) is 0 Å². The van der Waals surface area contributed by atoms with E-state index in [0.717, 1.165) is 0 Å². The Labute approximate surface area is 175 Å². The minimum atomic E-state index is -1.93. The SMILES string of the molecule is COc1c([C@@H](CC(C)C)OC(C)=O)ccc2c1C(=O)[C@@]1(O2)C(=O)C=C(C)C=C1CO. The van der Waals surface area contributed by atoms with E-state index in [-0.39, 0.29) is 28.6 Å².